The van der Waals surface area contributed by atoms with Crippen LogP contribution < -0.4 is 28.4 Å². The lowest BCUT2D eigenvalue weighted by Crippen LogP contribution is -2.49. The van der Waals surface area contributed by atoms with Gasteiger partial charge in [-0.15, -0.1) is 0 Å². The average molecular weight is 622 g/mol. The molecule has 0 unspecified atom stereocenters. The van der Waals surface area contributed by atoms with Gasteiger partial charge in [0.05, 0.1) is 47.6 Å². The fraction of sp³-hybridized carbons (Fsp3) is 0.548. The van der Waals surface area contributed by atoms with Gasteiger partial charge in [0.1, 0.15) is 11.2 Å². The van der Waals surface area contributed by atoms with E-state index in [0.717, 1.165) is 0 Å². The topological polar surface area (TPSA) is 151 Å². The molecule has 0 atom stereocenters. The van der Waals surface area contributed by atoms with Crippen molar-refractivity contribution < 1.29 is 52.4 Å². The first-order chi connectivity index (χ1) is 20.4. The van der Waals surface area contributed by atoms with Crippen molar-refractivity contribution in [2.45, 2.75) is 65.6 Å². The summed E-state index contributed by atoms with van der Waals surface area (Å²) < 4.78 is 44.2. The zero-order valence-corrected chi connectivity index (χ0v) is 27.5. The summed E-state index contributed by atoms with van der Waals surface area (Å²) in [6, 6.07) is 4.49. The molecule has 0 radical (unpaired) electrons. The fourth-order valence-electron chi connectivity index (χ4n) is 4.62. The molecule has 13 nitrogen and oxygen atoms in total. The molecule has 0 bridgehead atoms. The molecular weight excluding hydrogens is 578 g/mol. The molecule has 2 aromatic carbocycles. The standard InChI is InChI=1S/C31H43NO12/c1-29(2,3)43-27(33)31(28(34)44-30(4,5)6,16-18-13-20(37-7)24(40-10)21(14-18)38-8)17-19-15-22(39-9)25(41-11)26(42-12)23(19)32(35)36/h13-15H,16-17H2,1-12H3. The molecule has 0 saturated heterocycles. The van der Waals surface area contributed by atoms with Gasteiger partial charge in [-0.2, -0.15) is 0 Å². The molecule has 0 aliphatic heterocycles. The van der Waals surface area contributed by atoms with E-state index in [2.05, 4.69) is 0 Å². The Bertz CT molecular complexity index is 1320. The second-order valence-corrected chi connectivity index (χ2v) is 11.9. The number of nitrogens with zero attached hydrogens (tertiary/aromatic N) is 1. The van der Waals surface area contributed by atoms with Crippen molar-refractivity contribution in [2.75, 3.05) is 42.7 Å². The van der Waals surface area contributed by atoms with Gasteiger partial charge in [0.25, 0.3) is 0 Å². The van der Waals surface area contributed by atoms with E-state index in [9.17, 15) is 19.7 Å². The molecule has 0 N–H and O–H groups in total. The summed E-state index contributed by atoms with van der Waals surface area (Å²) in [5.41, 5.74) is -4.44. The zero-order chi connectivity index (χ0) is 33.6. The van der Waals surface area contributed by atoms with Crippen molar-refractivity contribution in [3.05, 3.63) is 39.4 Å². The summed E-state index contributed by atoms with van der Waals surface area (Å²) in [5.74, 6) is -1.30. The molecule has 0 saturated carbocycles. The van der Waals surface area contributed by atoms with Crippen molar-refractivity contribution in [3.63, 3.8) is 0 Å². The van der Waals surface area contributed by atoms with Crippen LogP contribution in [-0.2, 0) is 31.9 Å². The molecule has 0 aliphatic carbocycles. The number of esters is 2. The number of hydrogen-bond acceptors (Lipinski definition) is 12. The number of hydrogen-bond donors (Lipinski definition) is 0. The normalized spacial score (nSPS) is 11.7. The Morgan fingerprint density at radius 3 is 1.39 bits per heavy atom. The van der Waals surface area contributed by atoms with Crippen LogP contribution in [0.1, 0.15) is 52.7 Å². The molecule has 0 amide bonds. The Morgan fingerprint density at radius 1 is 0.636 bits per heavy atom. The first kappa shape index (κ1) is 35.8. The van der Waals surface area contributed by atoms with Crippen LogP contribution in [-0.4, -0.2) is 70.7 Å². The van der Waals surface area contributed by atoms with Gasteiger partial charge in [-0.25, -0.2) is 0 Å². The minimum absolute atomic E-state index is 0.0322. The number of carbonyl (C=O) groups excluding carboxylic acids is 2. The van der Waals surface area contributed by atoms with Crippen molar-refractivity contribution >= 4 is 17.6 Å². The van der Waals surface area contributed by atoms with Crippen molar-refractivity contribution in [1.82, 2.24) is 0 Å². The molecule has 0 heterocycles. The number of carbonyl (C=O) groups is 2. The molecule has 0 spiro atoms. The second kappa shape index (κ2) is 13.9. The Kier molecular flexibility index (Phi) is 11.3. The highest BCUT2D eigenvalue weighted by molar-refractivity contribution is 6.01. The second-order valence-electron chi connectivity index (χ2n) is 11.9. The predicted octanol–water partition coefficient (Wildman–Crippen LogP) is 5.10. The van der Waals surface area contributed by atoms with Crippen LogP contribution in [0.25, 0.3) is 0 Å². The summed E-state index contributed by atoms with van der Waals surface area (Å²) in [6.45, 7) is 9.87. The Balaban J connectivity index is 3.06. The number of nitro benzene ring substituents is 1. The van der Waals surface area contributed by atoms with Gasteiger partial charge in [-0.3, -0.25) is 19.7 Å². The third-order valence-corrected chi connectivity index (χ3v) is 6.37. The van der Waals surface area contributed by atoms with Gasteiger partial charge in [0.15, 0.2) is 22.7 Å². The summed E-state index contributed by atoms with van der Waals surface area (Å²) in [5, 5.41) is 12.5. The number of rotatable bonds is 13. The lowest BCUT2D eigenvalue weighted by Gasteiger charge is -2.35. The van der Waals surface area contributed by atoms with Crippen molar-refractivity contribution in [1.29, 1.82) is 0 Å². The van der Waals surface area contributed by atoms with Crippen molar-refractivity contribution in [2.24, 2.45) is 5.41 Å². The highest BCUT2D eigenvalue weighted by atomic mass is 16.6. The van der Waals surface area contributed by atoms with Gasteiger partial charge in [0.2, 0.25) is 17.2 Å². The van der Waals surface area contributed by atoms with E-state index < -0.39 is 45.6 Å². The lowest BCUT2D eigenvalue weighted by molar-refractivity contribution is -0.386. The summed E-state index contributed by atoms with van der Waals surface area (Å²) in [7, 11) is 8.18. The smallest absolute Gasteiger partial charge is 0.324 e. The van der Waals surface area contributed by atoms with Crippen molar-refractivity contribution in [3.8, 4) is 34.5 Å². The number of nitro groups is 1. The van der Waals surface area contributed by atoms with Crippen LogP contribution in [0.3, 0.4) is 0 Å². The number of ether oxygens (including phenoxy) is 8. The summed E-state index contributed by atoms with van der Waals surface area (Å²) in [6.07, 6.45) is -0.873. The third kappa shape index (κ3) is 7.94. The first-order valence-electron chi connectivity index (χ1n) is 13.6. The average Bonchev–Trinajstić information content (AvgIpc) is 2.92. The molecule has 0 aliphatic rings. The first-order valence-corrected chi connectivity index (χ1v) is 13.6. The highest BCUT2D eigenvalue weighted by Crippen LogP contribution is 2.49. The van der Waals surface area contributed by atoms with Gasteiger partial charge in [-0.05, 0) is 71.7 Å². The molecule has 244 valence electrons. The van der Waals surface area contributed by atoms with E-state index in [1.165, 1.54) is 48.7 Å². The van der Waals surface area contributed by atoms with Gasteiger partial charge in [-0.1, -0.05) is 0 Å². The number of methoxy groups -OCH3 is 6. The van der Waals surface area contributed by atoms with Crippen LogP contribution in [0.15, 0.2) is 18.2 Å². The summed E-state index contributed by atoms with van der Waals surface area (Å²) in [4.78, 5) is 40.4. The largest absolute Gasteiger partial charge is 0.493 e. The Labute approximate surface area is 257 Å². The predicted molar refractivity (Wildman–Crippen MR) is 160 cm³/mol. The molecular formula is C31H43NO12. The SMILES string of the molecule is COc1cc(CC(Cc2cc(OC)c(OC)c(OC)c2[N+](=O)[O-])(C(=O)OC(C)(C)C)C(=O)OC(C)(C)C)cc(OC)c1OC. The van der Waals surface area contributed by atoms with E-state index in [0.29, 0.717) is 11.3 Å². The van der Waals surface area contributed by atoms with Crippen LogP contribution >= 0.6 is 0 Å². The number of benzene rings is 2. The third-order valence-electron chi connectivity index (χ3n) is 6.37. The maximum atomic E-state index is 14.3. The van der Waals surface area contributed by atoms with Gasteiger partial charge >= 0.3 is 17.6 Å². The molecule has 0 fully saturated rings. The van der Waals surface area contributed by atoms with Crippen LogP contribution in [0.2, 0.25) is 0 Å². The molecule has 0 aromatic heterocycles. The maximum absolute atomic E-state index is 14.3. The van der Waals surface area contributed by atoms with E-state index in [-0.39, 0.29) is 40.7 Å². The molecule has 2 rings (SSSR count). The quantitative estimate of drug-likeness (QED) is 0.127. The zero-order valence-electron chi connectivity index (χ0n) is 27.5. The molecule has 2 aromatic rings. The van der Waals surface area contributed by atoms with E-state index >= 15 is 0 Å². The fourth-order valence-corrected chi connectivity index (χ4v) is 4.62. The van der Waals surface area contributed by atoms with E-state index in [1.807, 2.05) is 0 Å². The lowest BCUT2D eigenvalue weighted by atomic mass is 9.75. The summed E-state index contributed by atoms with van der Waals surface area (Å²) >= 11 is 0. The van der Waals surface area contributed by atoms with Gasteiger partial charge < -0.3 is 37.9 Å². The minimum Gasteiger partial charge on any atom is -0.493 e. The van der Waals surface area contributed by atoms with Crippen LogP contribution in [0, 0.1) is 15.5 Å². The monoisotopic (exact) mass is 621 g/mol. The maximum Gasteiger partial charge on any atom is 0.324 e. The molecule has 44 heavy (non-hydrogen) atoms. The highest BCUT2D eigenvalue weighted by Gasteiger charge is 2.53. The van der Waals surface area contributed by atoms with Crippen LogP contribution in [0.4, 0.5) is 5.69 Å². The Morgan fingerprint density at radius 2 is 1.05 bits per heavy atom. The molecule has 13 heteroatoms. The van der Waals surface area contributed by atoms with Gasteiger partial charge in [0, 0.05) is 12.0 Å². The Hall–Kier alpha value is -4.42. The minimum atomic E-state index is -2.17. The van der Waals surface area contributed by atoms with Crippen LogP contribution in [0.5, 0.6) is 34.5 Å². The van der Waals surface area contributed by atoms with E-state index in [4.69, 9.17) is 37.9 Å². The van der Waals surface area contributed by atoms with E-state index in [1.54, 1.807) is 53.7 Å².